The van der Waals surface area contributed by atoms with E-state index in [4.69, 9.17) is 24.7 Å². The number of amides is 1. The lowest BCUT2D eigenvalue weighted by Gasteiger charge is -2.29. The molecule has 2 aliphatic heterocycles. The first kappa shape index (κ1) is 31.4. The first-order chi connectivity index (χ1) is 23.8. The quantitative estimate of drug-likeness (QED) is 0.151. The number of H-pyrrole nitrogens is 2. The maximum Gasteiger partial charge on any atom is 0.305 e. The average Bonchev–Trinajstić information content (AvgIpc) is 3.93. The summed E-state index contributed by atoms with van der Waals surface area (Å²) >= 11 is 0. The number of aryl methyl sites for hydroxylation is 1. The summed E-state index contributed by atoms with van der Waals surface area (Å²) in [7, 11) is 1.39. The number of aromatic amines is 2. The van der Waals surface area contributed by atoms with Gasteiger partial charge in [0.15, 0.2) is 0 Å². The lowest BCUT2D eigenvalue weighted by molar-refractivity contribution is -0.142. The molecular weight excluding hydrogens is 616 g/mol. The minimum atomic E-state index is -0.287. The highest BCUT2D eigenvalue weighted by Gasteiger charge is 2.37. The van der Waals surface area contributed by atoms with Crippen LogP contribution < -0.4 is 5.32 Å². The molecular formula is C38H42N8O3. The summed E-state index contributed by atoms with van der Waals surface area (Å²) in [6.45, 7) is 7.91. The molecule has 0 spiro atoms. The highest BCUT2D eigenvalue weighted by atomic mass is 16.5. The molecule has 0 saturated carbocycles. The summed E-state index contributed by atoms with van der Waals surface area (Å²) in [5.74, 6) is 1.41. The van der Waals surface area contributed by atoms with Crippen LogP contribution in [0.3, 0.4) is 0 Å². The number of likely N-dealkylation sites (tertiary alicyclic amines) is 1. The molecule has 4 aromatic heterocycles. The number of methoxy groups -OCH3 is 1. The molecule has 1 amide bonds. The van der Waals surface area contributed by atoms with Gasteiger partial charge < -0.3 is 24.9 Å². The van der Waals surface area contributed by atoms with Gasteiger partial charge in [0.1, 0.15) is 17.2 Å². The molecule has 2 aromatic carbocycles. The predicted molar refractivity (Wildman–Crippen MR) is 190 cm³/mol. The third-order valence-electron chi connectivity index (χ3n) is 10.7. The maximum absolute atomic E-state index is 13.8. The zero-order valence-corrected chi connectivity index (χ0v) is 28.5. The Morgan fingerprint density at radius 3 is 2.55 bits per heavy atom. The fraction of sp³-hybridized carbons (Fsp3) is 0.421. The number of esters is 1. The first-order valence-corrected chi connectivity index (χ1v) is 17.5. The van der Waals surface area contributed by atoms with Crippen molar-refractivity contribution in [2.75, 3.05) is 20.2 Å². The number of benzene rings is 2. The zero-order chi connectivity index (χ0) is 33.8. The minimum Gasteiger partial charge on any atom is -0.469 e. The van der Waals surface area contributed by atoms with E-state index in [-0.39, 0.29) is 42.2 Å². The van der Waals surface area contributed by atoms with Gasteiger partial charge in [0.05, 0.1) is 53.0 Å². The largest absolute Gasteiger partial charge is 0.469 e. The Kier molecular flexibility index (Phi) is 8.02. The van der Waals surface area contributed by atoms with E-state index in [9.17, 15) is 9.59 Å². The van der Waals surface area contributed by atoms with E-state index >= 15 is 0 Å². The number of fused-ring (bicyclic) bond motifs is 6. The monoisotopic (exact) mass is 658 g/mol. The molecule has 3 atom stereocenters. The fourth-order valence-electron chi connectivity index (χ4n) is 7.91. The van der Waals surface area contributed by atoms with Crippen LogP contribution in [0.1, 0.15) is 81.7 Å². The van der Waals surface area contributed by atoms with Crippen LogP contribution in [-0.2, 0) is 14.3 Å². The molecule has 6 aromatic rings. The summed E-state index contributed by atoms with van der Waals surface area (Å²) in [4.78, 5) is 54.5. The van der Waals surface area contributed by atoms with E-state index in [0.29, 0.717) is 13.0 Å². The number of imidazole rings is 2. The second kappa shape index (κ2) is 12.5. The number of aromatic nitrogens is 6. The van der Waals surface area contributed by atoms with Crippen LogP contribution in [-0.4, -0.2) is 66.9 Å². The number of carbonyl (C=O) groups excluding carboxylic acids is 2. The standard InChI is InChI=1S/C38H42N8O3/c1-20(2)23(12-14-32(47)49-4)38(48)46-16-6-8-31(46)37-42-27-13-11-24-21(3)26(18-41-34(24)35(27)45-37)22-9-10-25-29(17-22)40-19-30-33(25)44-36(43-30)28-7-5-15-39-28/h9-11,13,17-20,23,28,31,39H,5-8,12,14-16H2,1-4H3,(H,42,45)(H,43,44). The van der Waals surface area contributed by atoms with Crippen LogP contribution in [0.15, 0.2) is 42.7 Å². The van der Waals surface area contributed by atoms with Crippen LogP contribution in [0.25, 0.3) is 55.0 Å². The molecule has 2 saturated heterocycles. The Hall–Kier alpha value is -4.90. The van der Waals surface area contributed by atoms with Gasteiger partial charge in [0.2, 0.25) is 5.91 Å². The molecule has 2 fully saturated rings. The van der Waals surface area contributed by atoms with Crippen LogP contribution in [0.5, 0.6) is 0 Å². The van der Waals surface area contributed by atoms with Crippen LogP contribution in [0.4, 0.5) is 0 Å². The van der Waals surface area contributed by atoms with Crippen molar-refractivity contribution in [1.82, 2.24) is 40.1 Å². The number of ether oxygens (including phenoxy) is 1. The lowest BCUT2D eigenvalue weighted by atomic mass is 9.89. The maximum atomic E-state index is 13.8. The number of carbonyl (C=O) groups is 2. The van der Waals surface area contributed by atoms with E-state index < -0.39 is 0 Å². The van der Waals surface area contributed by atoms with E-state index in [2.05, 4.69) is 52.5 Å². The number of nitrogens with zero attached hydrogens (tertiary/aromatic N) is 5. The Labute approximate surface area is 284 Å². The summed E-state index contributed by atoms with van der Waals surface area (Å²) in [5.41, 5.74) is 8.56. The van der Waals surface area contributed by atoms with Gasteiger partial charge in [0.25, 0.3) is 0 Å². The van der Waals surface area contributed by atoms with Crippen molar-refractivity contribution in [3.8, 4) is 11.1 Å². The van der Waals surface area contributed by atoms with E-state index in [1.165, 1.54) is 7.11 Å². The minimum absolute atomic E-state index is 0.0782. The Morgan fingerprint density at radius 1 is 0.939 bits per heavy atom. The van der Waals surface area contributed by atoms with Crippen molar-refractivity contribution in [2.45, 2.75) is 71.4 Å². The van der Waals surface area contributed by atoms with Gasteiger partial charge in [0, 0.05) is 41.4 Å². The average molecular weight is 659 g/mol. The van der Waals surface area contributed by atoms with Crippen molar-refractivity contribution >= 4 is 55.7 Å². The van der Waals surface area contributed by atoms with Gasteiger partial charge in [-0.05, 0) is 80.8 Å². The van der Waals surface area contributed by atoms with Gasteiger partial charge in [-0.1, -0.05) is 26.0 Å². The summed E-state index contributed by atoms with van der Waals surface area (Å²) < 4.78 is 4.84. The van der Waals surface area contributed by atoms with Gasteiger partial charge in [-0.15, -0.1) is 0 Å². The van der Waals surface area contributed by atoms with Crippen molar-refractivity contribution in [1.29, 1.82) is 0 Å². The molecule has 11 heteroatoms. The zero-order valence-electron chi connectivity index (χ0n) is 28.5. The van der Waals surface area contributed by atoms with Gasteiger partial charge in [-0.3, -0.25) is 19.6 Å². The van der Waals surface area contributed by atoms with Crippen molar-refractivity contribution in [3.63, 3.8) is 0 Å². The number of nitrogens with one attached hydrogen (secondary N) is 3. The van der Waals surface area contributed by atoms with Crippen LogP contribution in [0, 0.1) is 18.8 Å². The van der Waals surface area contributed by atoms with Crippen molar-refractivity contribution in [2.24, 2.45) is 11.8 Å². The molecule has 49 heavy (non-hydrogen) atoms. The molecule has 6 heterocycles. The van der Waals surface area contributed by atoms with Gasteiger partial charge >= 0.3 is 5.97 Å². The highest BCUT2D eigenvalue weighted by molar-refractivity contribution is 6.06. The SMILES string of the molecule is COC(=O)CCC(C(=O)N1CCCC1c1nc2c(ccc3c(C)c(-c4ccc5c(c4)ncc4[nH]c(C6CCCN6)nc45)cnc32)[nH]1)C(C)C. The smallest absolute Gasteiger partial charge is 0.305 e. The topological polar surface area (TPSA) is 142 Å². The highest BCUT2D eigenvalue weighted by Crippen LogP contribution is 2.38. The number of rotatable bonds is 8. The normalized spacial score (nSPS) is 18.8. The molecule has 3 unspecified atom stereocenters. The third-order valence-corrected chi connectivity index (χ3v) is 10.7. The van der Waals surface area contributed by atoms with E-state index in [1.54, 1.807) is 0 Å². The van der Waals surface area contributed by atoms with Gasteiger partial charge in [-0.2, -0.15) is 0 Å². The molecule has 252 valence electrons. The van der Waals surface area contributed by atoms with Crippen LogP contribution in [0.2, 0.25) is 0 Å². The Bertz CT molecular complexity index is 2230. The molecule has 2 aliphatic rings. The first-order valence-electron chi connectivity index (χ1n) is 17.5. The molecule has 8 rings (SSSR count). The summed E-state index contributed by atoms with van der Waals surface area (Å²) in [6, 6.07) is 10.7. The summed E-state index contributed by atoms with van der Waals surface area (Å²) in [5, 5.41) is 5.59. The number of hydrogen-bond donors (Lipinski definition) is 3. The second-order valence-corrected chi connectivity index (χ2v) is 14.0. The molecule has 0 radical (unpaired) electrons. The van der Waals surface area contributed by atoms with Gasteiger partial charge in [-0.25, -0.2) is 9.97 Å². The molecule has 11 nitrogen and oxygen atoms in total. The number of hydrogen-bond acceptors (Lipinski definition) is 8. The third kappa shape index (κ3) is 5.50. The lowest BCUT2D eigenvalue weighted by Crippen LogP contribution is -2.38. The molecule has 0 aliphatic carbocycles. The molecule has 3 N–H and O–H groups in total. The Morgan fingerprint density at radius 2 is 1.76 bits per heavy atom. The Balaban J connectivity index is 1.10. The van der Waals surface area contributed by atoms with E-state index in [0.717, 1.165) is 104 Å². The second-order valence-electron chi connectivity index (χ2n) is 14.0. The van der Waals surface area contributed by atoms with E-state index in [1.807, 2.05) is 31.1 Å². The fourth-order valence-corrected chi connectivity index (χ4v) is 7.91. The summed E-state index contributed by atoms with van der Waals surface area (Å²) in [6.07, 6.45) is 8.52. The molecule has 0 bridgehead atoms. The predicted octanol–water partition coefficient (Wildman–Crippen LogP) is 6.82. The van der Waals surface area contributed by atoms with Crippen molar-refractivity contribution < 1.29 is 14.3 Å². The van der Waals surface area contributed by atoms with Crippen molar-refractivity contribution in [3.05, 3.63) is 59.9 Å². The number of pyridine rings is 2. The van der Waals surface area contributed by atoms with Crippen LogP contribution >= 0.6 is 0 Å².